The molecular weight excluding hydrogens is 568 g/mol. The molecule has 5 rings (SSSR count). The zero-order valence-electron chi connectivity index (χ0n) is 27.0. The first-order valence-electron chi connectivity index (χ1n) is 15.8. The van der Waals surface area contributed by atoms with Crippen LogP contribution in [-0.4, -0.2) is 64.8 Å². The summed E-state index contributed by atoms with van der Waals surface area (Å²) in [5.41, 5.74) is -2.45. The highest BCUT2D eigenvalue weighted by molar-refractivity contribution is 5.99. The average Bonchev–Trinajstić information content (AvgIpc) is 3.35. The number of ether oxygens (including phenoxy) is 4. The summed E-state index contributed by atoms with van der Waals surface area (Å²) in [6.45, 7) is 13.1. The monoisotopic (exact) mass is 614 g/mol. The molecule has 3 saturated carbocycles. The van der Waals surface area contributed by atoms with Crippen LogP contribution in [0.15, 0.2) is 23.8 Å². The molecule has 1 aliphatic heterocycles. The van der Waals surface area contributed by atoms with Crippen molar-refractivity contribution < 1.29 is 48.0 Å². The Balaban J connectivity index is 1.59. The molecule has 10 nitrogen and oxygen atoms in total. The number of allylic oxidation sites excluding steroid dienone is 3. The highest BCUT2D eigenvalue weighted by Crippen LogP contribution is 2.68. The molecular formula is C34H46O10. The fraction of sp³-hybridized carbons (Fsp3) is 0.735. The molecule has 0 amide bonds. The van der Waals surface area contributed by atoms with Gasteiger partial charge in [-0.05, 0) is 74.3 Å². The Morgan fingerprint density at radius 3 is 2.25 bits per heavy atom. The first kappa shape index (κ1) is 32.4. The van der Waals surface area contributed by atoms with Gasteiger partial charge in [0.25, 0.3) is 0 Å². The third-order valence-electron chi connectivity index (χ3n) is 12.0. The minimum Gasteiger partial charge on any atom is -0.462 e. The van der Waals surface area contributed by atoms with Gasteiger partial charge in [-0.2, -0.15) is 0 Å². The standard InChI is InChI=1S/C34H46O10/c1-16-17(2)31(39)44-28(16)30(43-20(5)37)34(8,40)29-26(42-19(4)36)15-24-21-14-25(41-18(3)35)23-10-9-11-27(38)33(23,7)22(21)12-13-32(24,29)6/h9-11,16-17,21-22,24-26,28-30,40H,12-15H2,1-8H3/t16-,17-,21-,22+,24+,25-,26+,28-,29+,30-,32+,33-,34-/m1/s1. The number of hydrogen-bond donors (Lipinski definition) is 1. The van der Waals surface area contributed by atoms with Crippen LogP contribution in [0.4, 0.5) is 0 Å². The van der Waals surface area contributed by atoms with E-state index < -0.39 is 76.6 Å². The van der Waals surface area contributed by atoms with Gasteiger partial charge in [0.2, 0.25) is 0 Å². The summed E-state index contributed by atoms with van der Waals surface area (Å²) in [7, 11) is 0. The second kappa shape index (κ2) is 11.1. The molecule has 0 radical (unpaired) electrons. The highest BCUT2D eigenvalue weighted by Gasteiger charge is 2.70. The van der Waals surface area contributed by atoms with Gasteiger partial charge >= 0.3 is 23.9 Å². The molecule has 5 aliphatic rings. The third-order valence-corrected chi connectivity index (χ3v) is 12.0. The van der Waals surface area contributed by atoms with Crippen LogP contribution in [0.2, 0.25) is 0 Å². The van der Waals surface area contributed by atoms with Gasteiger partial charge in [0.05, 0.1) is 11.3 Å². The number of cyclic esters (lactones) is 1. The fourth-order valence-electron chi connectivity index (χ4n) is 10.0. The Labute approximate surface area is 258 Å². The number of carbonyl (C=O) groups is 5. The van der Waals surface area contributed by atoms with E-state index in [2.05, 4.69) is 6.92 Å². The van der Waals surface area contributed by atoms with Crippen molar-refractivity contribution in [3.8, 4) is 0 Å². The summed E-state index contributed by atoms with van der Waals surface area (Å²) in [5, 5.41) is 12.6. The third kappa shape index (κ3) is 4.92. The number of carbonyl (C=O) groups excluding carboxylic acids is 5. The summed E-state index contributed by atoms with van der Waals surface area (Å²) in [5.74, 6) is -3.78. The lowest BCUT2D eigenvalue weighted by atomic mass is 9.45. The summed E-state index contributed by atoms with van der Waals surface area (Å²) in [4.78, 5) is 63.3. The predicted molar refractivity (Wildman–Crippen MR) is 156 cm³/mol. The van der Waals surface area contributed by atoms with Crippen molar-refractivity contribution in [2.24, 2.45) is 46.3 Å². The molecule has 10 heteroatoms. The van der Waals surface area contributed by atoms with Crippen LogP contribution in [0.1, 0.15) is 81.1 Å². The summed E-state index contributed by atoms with van der Waals surface area (Å²) < 4.78 is 23.3. The van der Waals surface area contributed by atoms with E-state index in [9.17, 15) is 29.1 Å². The zero-order chi connectivity index (χ0) is 32.5. The van der Waals surface area contributed by atoms with Crippen molar-refractivity contribution >= 4 is 29.7 Å². The second-order valence-corrected chi connectivity index (χ2v) is 14.5. The molecule has 0 aromatic rings. The lowest BCUT2D eigenvalue weighted by molar-refractivity contribution is -0.217. The molecule has 0 bridgehead atoms. The molecule has 0 aromatic carbocycles. The van der Waals surface area contributed by atoms with Crippen molar-refractivity contribution in [2.45, 2.75) is 111 Å². The van der Waals surface area contributed by atoms with Crippen molar-refractivity contribution in [2.75, 3.05) is 0 Å². The number of rotatable bonds is 6. The number of esters is 4. The maximum atomic E-state index is 13.6. The van der Waals surface area contributed by atoms with E-state index in [1.54, 1.807) is 26.0 Å². The van der Waals surface area contributed by atoms with Crippen LogP contribution in [0, 0.1) is 46.3 Å². The topological polar surface area (TPSA) is 143 Å². The van der Waals surface area contributed by atoms with Crippen molar-refractivity contribution in [1.82, 2.24) is 0 Å². The van der Waals surface area contributed by atoms with Gasteiger partial charge in [0.15, 0.2) is 11.9 Å². The molecule has 1 N–H and O–H groups in total. The molecule has 44 heavy (non-hydrogen) atoms. The Morgan fingerprint density at radius 2 is 1.68 bits per heavy atom. The Hall–Kier alpha value is -3.01. The number of aliphatic hydroxyl groups is 1. The molecule has 4 aliphatic carbocycles. The van der Waals surface area contributed by atoms with Crippen molar-refractivity contribution in [1.29, 1.82) is 0 Å². The van der Waals surface area contributed by atoms with Crippen LogP contribution in [0.25, 0.3) is 0 Å². The zero-order valence-corrected chi connectivity index (χ0v) is 27.0. The van der Waals surface area contributed by atoms with Crippen LogP contribution in [0.3, 0.4) is 0 Å². The number of ketones is 1. The van der Waals surface area contributed by atoms with E-state index in [0.717, 1.165) is 5.57 Å². The first-order chi connectivity index (χ1) is 20.4. The highest BCUT2D eigenvalue weighted by atomic mass is 16.6. The first-order valence-corrected chi connectivity index (χ1v) is 15.8. The van der Waals surface area contributed by atoms with Crippen LogP contribution < -0.4 is 0 Å². The smallest absolute Gasteiger partial charge is 0.309 e. The summed E-state index contributed by atoms with van der Waals surface area (Å²) in [6.07, 6.45) is 3.95. The molecule has 1 heterocycles. The largest absolute Gasteiger partial charge is 0.462 e. The average molecular weight is 615 g/mol. The predicted octanol–water partition coefficient (Wildman–Crippen LogP) is 3.87. The van der Waals surface area contributed by atoms with Gasteiger partial charge in [-0.3, -0.25) is 24.0 Å². The van der Waals surface area contributed by atoms with E-state index in [0.29, 0.717) is 25.7 Å². The molecule has 242 valence electrons. The fourth-order valence-corrected chi connectivity index (χ4v) is 10.0. The summed E-state index contributed by atoms with van der Waals surface area (Å²) in [6, 6.07) is 0. The van der Waals surface area contributed by atoms with Crippen LogP contribution in [0.5, 0.6) is 0 Å². The van der Waals surface area contributed by atoms with Crippen molar-refractivity contribution in [3.63, 3.8) is 0 Å². The Morgan fingerprint density at radius 1 is 1.02 bits per heavy atom. The van der Waals surface area contributed by atoms with Gasteiger partial charge in [-0.15, -0.1) is 0 Å². The maximum absolute atomic E-state index is 13.6. The minimum atomic E-state index is -1.77. The number of fused-ring (bicyclic) bond motifs is 5. The van der Waals surface area contributed by atoms with Crippen molar-refractivity contribution in [3.05, 3.63) is 23.8 Å². The number of hydrogen-bond acceptors (Lipinski definition) is 10. The van der Waals surface area contributed by atoms with Gasteiger partial charge in [0, 0.05) is 32.6 Å². The van der Waals surface area contributed by atoms with Gasteiger partial charge in [-0.25, -0.2) is 0 Å². The van der Waals surface area contributed by atoms with E-state index in [-0.39, 0.29) is 29.5 Å². The van der Waals surface area contributed by atoms with E-state index in [4.69, 9.17) is 18.9 Å². The van der Waals surface area contributed by atoms with E-state index >= 15 is 0 Å². The van der Waals surface area contributed by atoms with E-state index in [1.807, 2.05) is 19.9 Å². The SMILES string of the molecule is CC(=O)O[C@H]1C[C@H]2[C@@H]3C[C@@H](OC(C)=O)C4=CC=CC(=O)[C@]4(C)[C@H]3CC[C@]2(C)[C@H]1[C@@](C)(O)[C@H](OC(C)=O)[C@@H]1OC(=O)[C@H](C)[C@H]1C. The van der Waals surface area contributed by atoms with E-state index in [1.165, 1.54) is 20.8 Å². The van der Waals surface area contributed by atoms with Gasteiger partial charge < -0.3 is 24.1 Å². The Kier molecular flexibility index (Phi) is 8.17. The normalized spacial score (nSPS) is 42.9. The minimum absolute atomic E-state index is 0.0235. The van der Waals surface area contributed by atoms with Crippen LogP contribution in [-0.2, 0) is 42.9 Å². The second-order valence-electron chi connectivity index (χ2n) is 14.5. The molecule has 1 saturated heterocycles. The molecule has 4 fully saturated rings. The van der Waals surface area contributed by atoms with Crippen LogP contribution >= 0.6 is 0 Å². The Bertz CT molecular complexity index is 1310. The molecule has 0 unspecified atom stereocenters. The summed E-state index contributed by atoms with van der Waals surface area (Å²) >= 11 is 0. The quantitative estimate of drug-likeness (QED) is 0.346. The lowest BCUT2D eigenvalue weighted by Crippen LogP contribution is -2.62. The molecule has 13 atom stereocenters. The van der Waals surface area contributed by atoms with Gasteiger partial charge in [-0.1, -0.05) is 32.9 Å². The lowest BCUT2D eigenvalue weighted by Gasteiger charge is -2.59. The molecule has 0 aromatic heterocycles. The molecule has 0 spiro atoms. The maximum Gasteiger partial charge on any atom is 0.309 e. The van der Waals surface area contributed by atoms with Gasteiger partial charge in [0.1, 0.15) is 23.9 Å².